The van der Waals surface area contributed by atoms with Gasteiger partial charge in [0.1, 0.15) is 0 Å². The van der Waals surface area contributed by atoms with Gasteiger partial charge in [0.05, 0.1) is 31.4 Å². The number of fused-ring (bicyclic) bond motifs is 1. The average Bonchev–Trinajstić information content (AvgIpc) is 3.00. The van der Waals surface area contributed by atoms with E-state index in [1.165, 1.54) is 11.3 Å². The van der Waals surface area contributed by atoms with Crippen LogP contribution >= 0.6 is 0 Å². The minimum absolute atomic E-state index is 0.0167. The summed E-state index contributed by atoms with van der Waals surface area (Å²) in [5.74, 6) is 0. The predicted octanol–water partition coefficient (Wildman–Crippen LogP) is 2.64. The number of urea groups is 1. The van der Waals surface area contributed by atoms with Crippen molar-refractivity contribution in [3.63, 3.8) is 0 Å². The zero-order valence-corrected chi connectivity index (χ0v) is 14.9. The van der Waals surface area contributed by atoms with Gasteiger partial charge in [-0.2, -0.15) is 5.10 Å². The summed E-state index contributed by atoms with van der Waals surface area (Å²) in [7, 11) is 1.63. The molecule has 6 nitrogen and oxygen atoms in total. The SMILES string of the molecule is COC[C@@H](C)NC(=O)N[C@@H]1CCCc2c1cnn2Cc1ccccc1. The fourth-order valence-electron chi connectivity index (χ4n) is 3.38. The van der Waals surface area contributed by atoms with E-state index in [2.05, 4.69) is 32.5 Å². The lowest BCUT2D eigenvalue weighted by atomic mass is 9.93. The Morgan fingerprint density at radius 1 is 1.40 bits per heavy atom. The molecule has 0 saturated carbocycles. The number of hydrogen-bond donors (Lipinski definition) is 2. The third-order valence-corrected chi connectivity index (χ3v) is 4.54. The highest BCUT2D eigenvalue weighted by molar-refractivity contribution is 5.74. The number of methoxy groups -OCH3 is 1. The van der Waals surface area contributed by atoms with Crippen LogP contribution in [0.15, 0.2) is 36.5 Å². The summed E-state index contributed by atoms with van der Waals surface area (Å²) in [5, 5.41) is 10.6. The number of nitrogens with one attached hydrogen (secondary N) is 2. The van der Waals surface area contributed by atoms with Gasteiger partial charge in [0.2, 0.25) is 0 Å². The molecule has 1 heterocycles. The van der Waals surface area contributed by atoms with Crippen LogP contribution in [0.1, 0.15) is 42.6 Å². The molecular formula is C19H26N4O2. The molecule has 25 heavy (non-hydrogen) atoms. The lowest BCUT2D eigenvalue weighted by Gasteiger charge is -2.25. The second kappa shape index (κ2) is 8.16. The fraction of sp³-hybridized carbons (Fsp3) is 0.474. The molecule has 1 aromatic heterocycles. The molecule has 2 aromatic rings. The maximum Gasteiger partial charge on any atom is 0.315 e. The van der Waals surface area contributed by atoms with Crippen LogP contribution < -0.4 is 10.6 Å². The van der Waals surface area contributed by atoms with E-state index in [0.717, 1.165) is 31.4 Å². The first-order chi connectivity index (χ1) is 12.2. The molecule has 0 unspecified atom stereocenters. The zero-order chi connectivity index (χ0) is 17.6. The molecule has 134 valence electrons. The molecule has 0 spiro atoms. The summed E-state index contributed by atoms with van der Waals surface area (Å²) >= 11 is 0. The van der Waals surface area contributed by atoms with E-state index in [1.807, 2.05) is 31.3 Å². The van der Waals surface area contributed by atoms with E-state index in [1.54, 1.807) is 7.11 Å². The number of amides is 2. The molecule has 0 radical (unpaired) electrons. The molecule has 1 aliphatic carbocycles. The molecular weight excluding hydrogens is 316 g/mol. The highest BCUT2D eigenvalue weighted by atomic mass is 16.5. The van der Waals surface area contributed by atoms with Gasteiger partial charge in [0.25, 0.3) is 0 Å². The number of aromatic nitrogens is 2. The predicted molar refractivity (Wildman–Crippen MR) is 96.5 cm³/mol. The van der Waals surface area contributed by atoms with Gasteiger partial charge in [-0.1, -0.05) is 30.3 Å². The number of benzene rings is 1. The number of carbonyl (C=O) groups excluding carboxylic acids is 1. The maximum absolute atomic E-state index is 12.2. The highest BCUT2D eigenvalue weighted by Crippen LogP contribution is 2.29. The summed E-state index contributed by atoms with van der Waals surface area (Å²) in [6.45, 7) is 3.19. The first kappa shape index (κ1) is 17.5. The van der Waals surface area contributed by atoms with Crippen LogP contribution in [-0.4, -0.2) is 35.6 Å². The van der Waals surface area contributed by atoms with Crippen molar-refractivity contribution in [2.24, 2.45) is 0 Å². The van der Waals surface area contributed by atoms with Crippen molar-refractivity contribution in [1.29, 1.82) is 0 Å². The van der Waals surface area contributed by atoms with Crippen molar-refractivity contribution in [1.82, 2.24) is 20.4 Å². The largest absolute Gasteiger partial charge is 0.383 e. The Morgan fingerprint density at radius 2 is 2.20 bits per heavy atom. The molecule has 0 fully saturated rings. The molecule has 2 atom stereocenters. The van der Waals surface area contributed by atoms with Gasteiger partial charge in [-0.25, -0.2) is 4.79 Å². The van der Waals surface area contributed by atoms with Gasteiger partial charge in [0, 0.05) is 18.4 Å². The molecule has 6 heteroatoms. The van der Waals surface area contributed by atoms with Crippen LogP contribution in [0.2, 0.25) is 0 Å². The Bertz CT molecular complexity index is 699. The van der Waals surface area contributed by atoms with Gasteiger partial charge >= 0.3 is 6.03 Å². The quantitative estimate of drug-likeness (QED) is 0.848. The van der Waals surface area contributed by atoms with Gasteiger partial charge in [-0.3, -0.25) is 4.68 Å². The van der Waals surface area contributed by atoms with Crippen molar-refractivity contribution in [2.75, 3.05) is 13.7 Å². The smallest absolute Gasteiger partial charge is 0.315 e. The third kappa shape index (κ3) is 4.39. The van der Waals surface area contributed by atoms with Gasteiger partial charge in [-0.15, -0.1) is 0 Å². The van der Waals surface area contributed by atoms with Crippen LogP contribution in [0, 0.1) is 0 Å². The normalized spacial score (nSPS) is 17.6. The van der Waals surface area contributed by atoms with Gasteiger partial charge in [0.15, 0.2) is 0 Å². The minimum atomic E-state index is -0.154. The Hall–Kier alpha value is -2.34. The van der Waals surface area contributed by atoms with E-state index < -0.39 is 0 Å². The van der Waals surface area contributed by atoms with E-state index in [9.17, 15) is 4.79 Å². The molecule has 2 N–H and O–H groups in total. The number of ether oxygens (including phenoxy) is 1. The van der Waals surface area contributed by atoms with Crippen molar-refractivity contribution in [3.05, 3.63) is 53.3 Å². The average molecular weight is 342 g/mol. The lowest BCUT2D eigenvalue weighted by molar-refractivity contribution is 0.170. The van der Waals surface area contributed by atoms with Crippen LogP contribution in [0.3, 0.4) is 0 Å². The standard InChI is InChI=1S/C19H26N4O2/c1-14(13-25-2)21-19(24)22-17-9-6-10-18-16(17)11-20-23(18)12-15-7-4-3-5-8-15/h3-5,7-8,11,14,17H,6,9-10,12-13H2,1-2H3,(H2,21,22,24)/t14-,17-/m1/s1. The summed E-state index contributed by atoms with van der Waals surface area (Å²) < 4.78 is 7.11. The molecule has 3 rings (SSSR count). The van der Waals surface area contributed by atoms with E-state index >= 15 is 0 Å². The molecule has 0 aliphatic heterocycles. The van der Waals surface area contributed by atoms with E-state index in [4.69, 9.17) is 4.74 Å². The van der Waals surface area contributed by atoms with Crippen LogP contribution in [0.4, 0.5) is 4.79 Å². The summed E-state index contributed by atoms with van der Waals surface area (Å²) in [6, 6.07) is 10.2. The maximum atomic E-state index is 12.2. The summed E-state index contributed by atoms with van der Waals surface area (Å²) in [5.41, 5.74) is 3.59. The number of rotatable bonds is 6. The van der Waals surface area contributed by atoms with Crippen molar-refractivity contribution < 1.29 is 9.53 Å². The number of carbonyl (C=O) groups is 1. The highest BCUT2D eigenvalue weighted by Gasteiger charge is 2.25. The summed E-state index contributed by atoms with van der Waals surface area (Å²) in [6.07, 6.45) is 4.89. The Labute approximate surface area is 148 Å². The second-order valence-corrected chi connectivity index (χ2v) is 6.61. The molecule has 2 amide bonds. The molecule has 0 saturated heterocycles. The first-order valence-corrected chi connectivity index (χ1v) is 8.82. The van der Waals surface area contributed by atoms with Crippen molar-refractivity contribution >= 4 is 6.03 Å². The molecule has 0 bridgehead atoms. The second-order valence-electron chi connectivity index (χ2n) is 6.61. The van der Waals surface area contributed by atoms with Gasteiger partial charge < -0.3 is 15.4 Å². The van der Waals surface area contributed by atoms with E-state index in [-0.39, 0.29) is 18.1 Å². The van der Waals surface area contributed by atoms with Crippen LogP contribution in [0.5, 0.6) is 0 Å². The fourth-order valence-corrected chi connectivity index (χ4v) is 3.38. The van der Waals surface area contributed by atoms with Crippen molar-refractivity contribution in [2.45, 2.75) is 44.8 Å². The molecule has 1 aliphatic rings. The first-order valence-electron chi connectivity index (χ1n) is 8.82. The summed E-state index contributed by atoms with van der Waals surface area (Å²) in [4.78, 5) is 12.2. The Morgan fingerprint density at radius 3 is 2.96 bits per heavy atom. The lowest BCUT2D eigenvalue weighted by Crippen LogP contribution is -2.44. The zero-order valence-electron chi connectivity index (χ0n) is 14.9. The van der Waals surface area contributed by atoms with Crippen molar-refractivity contribution in [3.8, 4) is 0 Å². The van der Waals surface area contributed by atoms with Crippen LogP contribution in [-0.2, 0) is 17.7 Å². The van der Waals surface area contributed by atoms with Crippen LogP contribution in [0.25, 0.3) is 0 Å². The topological polar surface area (TPSA) is 68.2 Å². The Balaban J connectivity index is 1.67. The van der Waals surface area contributed by atoms with E-state index in [0.29, 0.717) is 6.61 Å². The third-order valence-electron chi connectivity index (χ3n) is 4.54. The number of hydrogen-bond acceptors (Lipinski definition) is 3. The Kier molecular flexibility index (Phi) is 5.71. The minimum Gasteiger partial charge on any atom is -0.383 e. The molecule has 1 aromatic carbocycles. The monoisotopic (exact) mass is 342 g/mol. The van der Waals surface area contributed by atoms with Gasteiger partial charge in [-0.05, 0) is 31.7 Å². The number of nitrogens with zero attached hydrogens (tertiary/aromatic N) is 2.